The molecule has 2 nitrogen and oxygen atoms in total. The Morgan fingerprint density at radius 2 is 1.67 bits per heavy atom. The van der Waals surface area contributed by atoms with Gasteiger partial charge in [0.15, 0.2) is 0 Å². The van der Waals surface area contributed by atoms with E-state index in [4.69, 9.17) is 5.73 Å². The summed E-state index contributed by atoms with van der Waals surface area (Å²) in [7, 11) is 0. The van der Waals surface area contributed by atoms with Crippen LogP contribution in [0.2, 0.25) is 0 Å². The molecule has 3 heteroatoms. The molecule has 2 rings (SSSR count). The van der Waals surface area contributed by atoms with Gasteiger partial charge in [0.1, 0.15) is 5.75 Å². The lowest BCUT2D eigenvalue weighted by molar-refractivity contribution is 0.481. The number of halogens is 1. The molecule has 0 aromatic heterocycles. The van der Waals surface area contributed by atoms with Crippen LogP contribution in [0.25, 0.3) is 10.8 Å². The summed E-state index contributed by atoms with van der Waals surface area (Å²) in [5.41, 5.74) is 6.92. The van der Waals surface area contributed by atoms with Crippen LogP contribution in [-0.4, -0.2) is 5.11 Å². The molecule has 2 aromatic rings. The number of hydrogen-bond donors (Lipinski definition) is 2. The number of aromatic hydroxyl groups is 1. The summed E-state index contributed by atoms with van der Waals surface area (Å²) in [5.74, 6) is 0.310. The second-order valence-corrected chi connectivity index (χ2v) is 3.51. The van der Waals surface area contributed by atoms with Gasteiger partial charge < -0.3 is 10.8 Å². The van der Waals surface area contributed by atoms with Crippen LogP contribution < -0.4 is 5.73 Å². The number of nitrogens with two attached hydrogens (primary N) is 1. The minimum Gasteiger partial charge on any atom is -0.507 e. The summed E-state index contributed by atoms with van der Waals surface area (Å²) in [6, 6.07) is 11.3. The number of rotatable bonds is 1. The largest absolute Gasteiger partial charge is 0.507 e. The topological polar surface area (TPSA) is 46.2 Å². The highest BCUT2D eigenvalue weighted by Gasteiger charge is 2.06. The normalized spacial score (nSPS) is 12.1. The Morgan fingerprint density at radius 3 is 2.33 bits per heavy atom. The third-order valence-electron chi connectivity index (χ3n) is 2.42. The maximum absolute atomic E-state index is 9.64. The van der Waals surface area contributed by atoms with Gasteiger partial charge in [0.2, 0.25) is 0 Å². The quantitative estimate of drug-likeness (QED) is 0.781. The number of benzene rings is 2. The van der Waals surface area contributed by atoms with Crippen molar-refractivity contribution >= 4 is 23.2 Å². The van der Waals surface area contributed by atoms with Gasteiger partial charge in [-0.25, -0.2) is 0 Å². The lowest BCUT2D eigenvalue weighted by atomic mass is 10.00. The van der Waals surface area contributed by atoms with Crippen LogP contribution in [0.4, 0.5) is 0 Å². The first-order valence-corrected chi connectivity index (χ1v) is 4.66. The molecule has 0 amide bonds. The summed E-state index contributed by atoms with van der Waals surface area (Å²) in [6.45, 7) is 1.94. The first kappa shape index (κ1) is 11.8. The maximum Gasteiger partial charge on any atom is 0.123 e. The number of phenolic OH excluding ortho intramolecular Hbond substituents is 1. The lowest BCUT2D eigenvalue weighted by Crippen LogP contribution is -2.05. The molecule has 0 fully saturated rings. The van der Waals surface area contributed by atoms with E-state index < -0.39 is 0 Å². The molecule has 0 unspecified atom stereocenters. The molecule has 3 N–H and O–H groups in total. The molecule has 0 radical (unpaired) electrons. The molecule has 0 spiro atoms. The molecular weight excluding hydrogens is 210 g/mol. The van der Waals surface area contributed by atoms with E-state index >= 15 is 0 Å². The van der Waals surface area contributed by atoms with Crippen LogP contribution in [0.3, 0.4) is 0 Å². The molecule has 0 aliphatic heterocycles. The van der Waals surface area contributed by atoms with E-state index in [2.05, 4.69) is 0 Å². The standard InChI is InChI=1S/C12H13NO.ClH/c1-8(13)9-4-2-6-11-10(9)5-3-7-12(11)14;/h2-8,14H,13H2,1H3;1H/t8-;/m1./s1. The minimum atomic E-state index is -0.0134. The summed E-state index contributed by atoms with van der Waals surface area (Å²) >= 11 is 0. The van der Waals surface area contributed by atoms with Gasteiger partial charge in [0.25, 0.3) is 0 Å². The van der Waals surface area contributed by atoms with Gasteiger partial charge in [-0.3, -0.25) is 0 Å². The second-order valence-electron chi connectivity index (χ2n) is 3.51. The molecule has 0 saturated heterocycles. The van der Waals surface area contributed by atoms with Crippen molar-refractivity contribution in [2.75, 3.05) is 0 Å². The zero-order chi connectivity index (χ0) is 10.1. The fraction of sp³-hybridized carbons (Fsp3) is 0.167. The van der Waals surface area contributed by atoms with E-state index in [-0.39, 0.29) is 18.4 Å². The summed E-state index contributed by atoms with van der Waals surface area (Å²) < 4.78 is 0. The Balaban J connectivity index is 0.00000112. The Bertz CT molecular complexity index is 468. The molecule has 0 bridgehead atoms. The van der Waals surface area contributed by atoms with Crippen LogP contribution >= 0.6 is 12.4 Å². The number of fused-ring (bicyclic) bond motifs is 1. The van der Waals surface area contributed by atoms with Crippen molar-refractivity contribution in [2.24, 2.45) is 5.73 Å². The fourth-order valence-electron chi connectivity index (χ4n) is 1.71. The molecule has 15 heavy (non-hydrogen) atoms. The van der Waals surface area contributed by atoms with E-state index in [9.17, 15) is 5.11 Å². The van der Waals surface area contributed by atoms with Gasteiger partial charge >= 0.3 is 0 Å². The Kier molecular flexibility index (Phi) is 3.56. The summed E-state index contributed by atoms with van der Waals surface area (Å²) in [4.78, 5) is 0. The molecule has 80 valence electrons. The number of phenols is 1. The SMILES string of the molecule is C[C@@H](N)c1cccc2c(O)cccc12.Cl. The monoisotopic (exact) mass is 223 g/mol. The average molecular weight is 224 g/mol. The average Bonchev–Trinajstić information content (AvgIpc) is 2.17. The van der Waals surface area contributed by atoms with E-state index in [1.54, 1.807) is 6.07 Å². The molecule has 2 aromatic carbocycles. The van der Waals surface area contributed by atoms with Crippen LogP contribution in [0.5, 0.6) is 5.75 Å². The second kappa shape index (κ2) is 4.51. The van der Waals surface area contributed by atoms with Crippen molar-refractivity contribution in [3.8, 4) is 5.75 Å². The van der Waals surface area contributed by atoms with Crippen LogP contribution in [0, 0.1) is 0 Å². The maximum atomic E-state index is 9.64. The smallest absolute Gasteiger partial charge is 0.123 e. The third kappa shape index (κ3) is 2.06. The molecule has 0 aliphatic rings. The van der Waals surface area contributed by atoms with Crippen LogP contribution in [0.15, 0.2) is 36.4 Å². The molecule has 0 saturated carbocycles. The van der Waals surface area contributed by atoms with E-state index in [0.717, 1.165) is 16.3 Å². The van der Waals surface area contributed by atoms with Gasteiger partial charge in [0, 0.05) is 11.4 Å². The van der Waals surface area contributed by atoms with Crippen molar-refractivity contribution in [2.45, 2.75) is 13.0 Å². The van der Waals surface area contributed by atoms with E-state index in [0.29, 0.717) is 5.75 Å². The number of hydrogen-bond acceptors (Lipinski definition) is 2. The van der Waals surface area contributed by atoms with E-state index in [1.165, 1.54) is 0 Å². The summed E-state index contributed by atoms with van der Waals surface area (Å²) in [5, 5.41) is 11.5. The predicted molar refractivity (Wildman–Crippen MR) is 65.5 cm³/mol. The molecule has 0 aliphatic carbocycles. The minimum absolute atomic E-state index is 0. The van der Waals surface area contributed by atoms with Crippen molar-refractivity contribution in [1.29, 1.82) is 0 Å². The first-order chi connectivity index (χ1) is 6.70. The highest BCUT2D eigenvalue weighted by Crippen LogP contribution is 2.28. The highest BCUT2D eigenvalue weighted by molar-refractivity contribution is 5.90. The molecular formula is C12H14ClNO. The van der Waals surface area contributed by atoms with Gasteiger partial charge in [0.05, 0.1) is 0 Å². The van der Waals surface area contributed by atoms with Gasteiger partial charge in [-0.2, -0.15) is 0 Å². The van der Waals surface area contributed by atoms with Crippen LogP contribution in [-0.2, 0) is 0 Å². The van der Waals surface area contributed by atoms with Crippen LogP contribution in [0.1, 0.15) is 18.5 Å². The summed E-state index contributed by atoms with van der Waals surface area (Å²) in [6.07, 6.45) is 0. The van der Waals surface area contributed by atoms with Crippen molar-refractivity contribution in [3.63, 3.8) is 0 Å². The Hall–Kier alpha value is -1.25. The van der Waals surface area contributed by atoms with Crippen molar-refractivity contribution in [3.05, 3.63) is 42.0 Å². The Labute approximate surface area is 95.1 Å². The highest BCUT2D eigenvalue weighted by atomic mass is 35.5. The van der Waals surface area contributed by atoms with Crippen molar-refractivity contribution < 1.29 is 5.11 Å². The van der Waals surface area contributed by atoms with Gasteiger partial charge in [-0.15, -0.1) is 12.4 Å². The first-order valence-electron chi connectivity index (χ1n) is 4.66. The fourth-order valence-corrected chi connectivity index (χ4v) is 1.71. The lowest BCUT2D eigenvalue weighted by Gasteiger charge is -2.10. The third-order valence-corrected chi connectivity index (χ3v) is 2.42. The Morgan fingerprint density at radius 1 is 1.07 bits per heavy atom. The zero-order valence-corrected chi connectivity index (χ0v) is 9.29. The molecule has 0 heterocycles. The van der Waals surface area contributed by atoms with Gasteiger partial charge in [-0.05, 0) is 23.9 Å². The van der Waals surface area contributed by atoms with Gasteiger partial charge in [-0.1, -0.05) is 30.3 Å². The predicted octanol–water partition coefficient (Wildman–Crippen LogP) is 2.99. The zero-order valence-electron chi connectivity index (χ0n) is 8.47. The van der Waals surface area contributed by atoms with E-state index in [1.807, 2.05) is 37.3 Å². The van der Waals surface area contributed by atoms with Crippen molar-refractivity contribution in [1.82, 2.24) is 0 Å². The molecule has 1 atom stereocenters.